The molecular weight excluding hydrogens is 268 g/mol. The van der Waals surface area contributed by atoms with E-state index in [0.29, 0.717) is 0 Å². The van der Waals surface area contributed by atoms with Crippen molar-refractivity contribution in [3.63, 3.8) is 0 Å². The lowest BCUT2D eigenvalue weighted by atomic mass is 10.2. The third-order valence-electron chi connectivity index (χ3n) is 3.94. The molecule has 0 aromatic heterocycles. The Hall–Kier alpha value is -1.51. The number of benzene rings is 2. The Morgan fingerprint density at radius 2 is 1.70 bits per heavy atom. The number of anilines is 1. The fraction of sp³-hybridized carbons (Fsp3) is 0.294. The molecule has 0 aliphatic carbocycles. The molecule has 3 heteroatoms. The standard InChI is InChI=1S/C17H19ClN2/c18-16-7-4-8-17(13-16)20-11-9-19(10-12-20)14-15-5-2-1-3-6-15/h1-8,13H,9-12,14H2/p+1. The average Bonchev–Trinajstić information content (AvgIpc) is 2.49. The summed E-state index contributed by atoms with van der Waals surface area (Å²) < 4.78 is 0. The zero-order valence-electron chi connectivity index (χ0n) is 11.6. The molecule has 0 atom stereocenters. The molecule has 0 saturated carbocycles. The number of halogens is 1. The molecule has 0 amide bonds. The van der Waals surface area contributed by atoms with E-state index in [4.69, 9.17) is 11.6 Å². The molecule has 1 aliphatic heterocycles. The first kappa shape index (κ1) is 13.5. The largest absolute Gasteiger partial charge is 0.360 e. The van der Waals surface area contributed by atoms with Crippen LogP contribution in [0.5, 0.6) is 0 Å². The molecule has 20 heavy (non-hydrogen) atoms. The zero-order valence-corrected chi connectivity index (χ0v) is 12.3. The topological polar surface area (TPSA) is 7.68 Å². The van der Waals surface area contributed by atoms with Crippen LogP contribution in [0.4, 0.5) is 5.69 Å². The van der Waals surface area contributed by atoms with Gasteiger partial charge < -0.3 is 9.80 Å². The summed E-state index contributed by atoms with van der Waals surface area (Å²) in [6.45, 7) is 5.69. The maximum absolute atomic E-state index is 6.07. The quantitative estimate of drug-likeness (QED) is 0.910. The Morgan fingerprint density at radius 3 is 2.40 bits per heavy atom. The molecular formula is C17H20ClN2+. The lowest BCUT2D eigenvalue weighted by Gasteiger charge is -2.33. The van der Waals surface area contributed by atoms with Crippen molar-refractivity contribution in [1.29, 1.82) is 0 Å². The zero-order chi connectivity index (χ0) is 13.8. The molecule has 1 heterocycles. The van der Waals surface area contributed by atoms with Gasteiger partial charge in [0.1, 0.15) is 6.54 Å². The minimum Gasteiger partial charge on any atom is -0.360 e. The summed E-state index contributed by atoms with van der Waals surface area (Å²) in [5.41, 5.74) is 2.68. The van der Waals surface area contributed by atoms with E-state index in [1.165, 1.54) is 24.3 Å². The highest BCUT2D eigenvalue weighted by Crippen LogP contribution is 2.19. The van der Waals surface area contributed by atoms with Crippen LogP contribution in [0.25, 0.3) is 0 Å². The first-order valence-electron chi connectivity index (χ1n) is 7.19. The Morgan fingerprint density at radius 1 is 0.950 bits per heavy atom. The maximum atomic E-state index is 6.07. The molecule has 1 fully saturated rings. The second-order valence-electron chi connectivity index (χ2n) is 5.38. The summed E-state index contributed by atoms with van der Waals surface area (Å²) in [6, 6.07) is 18.9. The molecule has 3 rings (SSSR count). The minimum absolute atomic E-state index is 0.821. The first-order chi connectivity index (χ1) is 9.81. The summed E-state index contributed by atoms with van der Waals surface area (Å²) in [4.78, 5) is 4.09. The Bertz CT molecular complexity index is 548. The molecule has 0 unspecified atom stereocenters. The van der Waals surface area contributed by atoms with Gasteiger partial charge in [-0.15, -0.1) is 0 Å². The van der Waals surface area contributed by atoms with E-state index < -0.39 is 0 Å². The number of nitrogens with zero attached hydrogens (tertiary/aromatic N) is 1. The number of hydrogen-bond acceptors (Lipinski definition) is 1. The fourth-order valence-corrected chi connectivity index (χ4v) is 3.00. The molecule has 2 nitrogen and oxygen atoms in total. The van der Waals surface area contributed by atoms with Crippen LogP contribution >= 0.6 is 11.6 Å². The normalized spacial score (nSPS) is 16.4. The smallest absolute Gasteiger partial charge is 0.103 e. The highest BCUT2D eigenvalue weighted by Gasteiger charge is 2.20. The van der Waals surface area contributed by atoms with Crippen LogP contribution in [0.1, 0.15) is 5.56 Å². The number of quaternary nitrogens is 1. The Kier molecular flexibility index (Phi) is 4.24. The molecule has 2 aromatic rings. The average molecular weight is 288 g/mol. The van der Waals surface area contributed by atoms with Crippen LogP contribution in [0.2, 0.25) is 5.02 Å². The minimum atomic E-state index is 0.821. The predicted octanol–water partition coefficient (Wildman–Crippen LogP) is 2.25. The molecule has 0 bridgehead atoms. The summed E-state index contributed by atoms with van der Waals surface area (Å²) in [7, 11) is 0. The summed E-state index contributed by atoms with van der Waals surface area (Å²) in [5.74, 6) is 0. The van der Waals surface area contributed by atoms with Gasteiger partial charge in [0.05, 0.1) is 26.2 Å². The van der Waals surface area contributed by atoms with E-state index in [2.05, 4.69) is 47.4 Å². The second-order valence-corrected chi connectivity index (χ2v) is 5.82. The van der Waals surface area contributed by atoms with Crippen molar-refractivity contribution < 1.29 is 4.90 Å². The lowest BCUT2D eigenvalue weighted by molar-refractivity contribution is -0.914. The van der Waals surface area contributed by atoms with E-state index >= 15 is 0 Å². The van der Waals surface area contributed by atoms with E-state index in [9.17, 15) is 0 Å². The van der Waals surface area contributed by atoms with Gasteiger partial charge in [0.2, 0.25) is 0 Å². The molecule has 1 N–H and O–H groups in total. The Labute approximate surface area is 125 Å². The first-order valence-corrected chi connectivity index (χ1v) is 7.57. The number of piperazine rings is 1. The van der Waals surface area contributed by atoms with Crippen molar-refractivity contribution in [2.45, 2.75) is 6.54 Å². The highest BCUT2D eigenvalue weighted by molar-refractivity contribution is 6.30. The number of nitrogens with one attached hydrogen (secondary N) is 1. The second kappa shape index (κ2) is 6.29. The Balaban J connectivity index is 1.57. The van der Waals surface area contributed by atoms with Crippen molar-refractivity contribution in [1.82, 2.24) is 0 Å². The number of rotatable bonds is 3. The van der Waals surface area contributed by atoms with Gasteiger partial charge in [-0.25, -0.2) is 0 Å². The van der Waals surface area contributed by atoms with Gasteiger partial charge in [-0.1, -0.05) is 48.0 Å². The summed E-state index contributed by atoms with van der Waals surface area (Å²) in [6.07, 6.45) is 0. The highest BCUT2D eigenvalue weighted by atomic mass is 35.5. The maximum Gasteiger partial charge on any atom is 0.103 e. The summed E-state index contributed by atoms with van der Waals surface area (Å²) >= 11 is 6.07. The molecule has 1 saturated heterocycles. The van der Waals surface area contributed by atoms with Crippen molar-refractivity contribution in [2.24, 2.45) is 0 Å². The molecule has 1 aliphatic rings. The molecule has 0 spiro atoms. The molecule has 0 radical (unpaired) electrons. The SMILES string of the molecule is Clc1cccc(N2CC[NH+](Cc3ccccc3)CC2)c1. The third kappa shape index (κ3) is 3.33. The van der Waals surface area contributed by atoms with E-state index in [1.807, 2.05) is 12.1 Å². The molecule has 2 aromatic carbocycles. The van der Waals surface area contributed by atoms with Gasteiger partial charge in [-0.2, -0.15) is 0 Å². The van der Waals surface area contributed by atoms with Gasteiger partial charge in [0, 0.05) is 16.3 Å². The van der Waals surface area contributed by atoms with Gasteiger partial charge in [0.15, 0.2) is 0 Å². The van der Waals surface area contributed by atoms with Crippen molar-refractivity contribution in [3.8, 4) is 0 Å². The van der Waals surface area contributed by atoms with Crippen molar-refractivity contribution in [3.05, 3.63) is 65.2 Å². The number of hydrogen-bond donors (Lipinski definition) is 1. The third-order valence-corrected chi connectivity index (χ3v) is 4.18. The lowest BCUT2D eigenvalue weighted by Crippen LogP contribution is -3.13. The van der Waals surface area contributed by atoms with Crippen molar-refractivity contribution in [2.75, 3.05) is 31.1 Å². The van der Waals surface area contributed by atoms with E-state index in [0.717, 1.165) is 24.7 Å². The van der Waals surface area contributed by atoms with Crippen LogP contribution in [-0.2, 0) is 6.54 Å². The van der Waals surface area contributed by atoms with Crippen LogP contribution in [-0.4, -0.2) is 26.2 Å². The van der Waals surface area contributed by atoms with E-state index in [1.54, 1.807) is 4.90 Å². The van der Waals surface area contributed by atoms with Crippen LogP contribution in [0.3, 0.4) is 0 Å². The fourth-order valence-electron chi connectivity index (χ4n) is 2.82. The van der Waals surface area contributed by atoms with Crippen molar-refractivity contribution >= 4 is 17.3 Å². The van der Waals surface area contributed by atoms with Gasteiger partial charge in [0.25, 0.3) is 0 Å². The van der Waals surface area contributed by atoms with Crippen LogP contribution in [0, 0.1) is 0 Å². The predicted molar refractivity (Wildman–Crippen MR) is 84.5 cm³/mol. The van der Waals surface area contributed by atoms with Crippen LogP contribution < -0.4 is 9.80 Å². The van der Waals surface area contributed by atoms with Gasteiger partial charge in [-0.3, -0.25) is 0 Å². The monoisotopic (exact) mass is 287 g/mol. The van der Waals surface area contributed by atoms with E-state index in [-0.39, 0.29) is 0 Å². The van der Waals surface area contributed by atoms with Gasteiger partial charge >= 0.3 is 0 Å². The molecule has 104 valence electrons. The summed E-state index contributed by atoms with van der Waals surface area (Å²) in [5, 5.41) is 0.821. The van der Waals surface area contributed by atoms with Gasteiger partial charge in [-0.05, 0) is 18.2 Å². The van der Waals surface area contributed by atoms with Crippen LogP contribution in [0.15, 0.2) is 54.6 Å².